The third-order valence-electron chi connectivity index (χ3n) is 6.06. The van der Waals surface area contributed by atoms with E-state index in [4.69, 9.17) is 0 Å². The summed E-state index contributed by atoms with van der Waals surface area (Å²) in [6.45, 7) is 5.57. The van der Waals surface area contributed by atoms with Crippen molar-refractivity contribution in [3.63, 3.8) is 0 Å². The molecule has 1 saturated heterocycles. The lowest BCUT2D eigenvalue weighted by Gasteiger charge is -2.35. The summed E-state index contributed by atoms with van der Waals surface area (Å²) in [6.07, 6.45) is -1.52. The van der Waals surface area contributed by atoms with Crippen molar-refractivity contribution in [2.24, 2.45) is 0 Å². The van der Waals surface area contributed by atoms with Gasteiger partial charge in [0.25, 0.3) is 0 Å². The number of nitrogens with zero attached hydrogens (tertiary/aromatic N) is 4. The summed E-state index contributed by atoms with van der Waals surface area (Å²) in [5, 5.41) is 10.6. The van der Waals surface area contributed by atoms with Crippen LogP contribution in [0, 0.1) is 0 Å². The average molecular weight is 447 g/mol. The molecule has 5 nitrogen and oxygen atoms in total. The van der Waals surface area contributed by atoms with Crippen molar-refractivity contribution in [2.45, 2.75) is 31.7 Å². The van der Waals surface area contributed by atoms with Gasteiger partial charge in [0, 0.05) is 32.7 Å². The molecule has 1 N–H and O–H groups in total. The molecule has 0 bridgehead atoms. The Kier molecular flexibility index (Phi) is 7.13. The van der Waals surface area contributed by atoms with Crippen LogP contribution in [0.3, 0.4) is 0 Å². The van der Waals surface area contributed by atoms with E-state index in [0.29, 0.717) is 19.5 Å². The summed E-state index contributed by atoms with van der Waals surface area (Å²) >= 11 is 0. The number of aliphatic hydroxyl groups is 1. The molecule has 1 aliphatic rings. The van der Waals surface area contributed by atoms with Crippen LogP contribution in [0.5, 0.6) is 0 Å². The van der Waals surface area contributed by atoms with Gasteiger partial charge in [0.2, 0.25) is 0 Å². The number of alkyl halides is 3. The van der Waals surface area contributed by atoms with Gasteiger partial charge in [-0.15, -0.1) is 0 Å². The van der Waals surface area contributed by atoms with Crippen LogP contribution in [0.15, 0.2) is 54.9 Å². The molecule has 1 fully saturated rings. The van der Waals surface area contributed by atoms with Gasteiger partial charge in [0.1, 0.15) is 0 Å². The van der Waals surface area contributed by atoms with Crippen molar-refractivity contribution < 1.29 is 18.3 Å². The van der Waals surface area contributed by atoms with E-state index >= 15 is 0 Å². The number of piperazine rings is 1. The van der Waals surface area contributed by atoms with E-state index in [1.54, 1.807) is 12.4 Å². The first kappa shape index (κ1) is 22.8. The molecule has 2 aromatic carbocycles. The quantitative estimate of drug-likeness (QED) is 0.574. The first-order chi connectivity index (χ1) is 15.4. The third-order valence-corrected chi connectivity index (χ3v) is 6.06. The molecule has 1 unspecified atom stereocenters. The van der Waals surface area contributed by atoms with Gasteiger partial charge in [-0.05, 0) is 43.1 Å². The minimum absolute atomic E-state index is 0.472. The second-order valence-corrected chi connectivity index (χ2v) is 8.48. The van der Waals surface area contributed by atoms with Crippen molar-refractivity contribution in [3.05, 3.63) is 66.0 Å². The SMILES string of the molecule is OC(CN1CCN(CCCc2cccc(C(F)(F)F)c2)CC1)Cn1cnc2ccccc21. The van der Waals surface area contributed by atoms with Crippen LogP contribution >= 0.6 is 0 Å². The summed E-state index contributed by atoms with van der Waals surface area (Å²) in [5.74, 6) is 0. The summed E-state index contributed by atoms with van der Waals surface area (Å²) < 4.78 is 40.5. The topological polar surface area (TPSA) is 44.5 Å². The zero-order valence-corrected chi connectivity index (χ0v) is 18.0. The molecule has 172 valence electrons. The minimum atomic E-state index is -4.29. The molecular weight excluding hydrogens is 417 g/mol. The van der Waals surface area contributed by atoms with Gasteiger partial charge in [0.05, 0.1) is 35.6 Å². The number of aromatic nitrogens is 2. The summed E-state index contributed by atoms with van der Waals surface area (Å²) in [7, 11) is 0. The third kappa shape index (κ3) is 5.88. The molecule has 1 aliphatic heterocycles. The van der Waals surface area contributed by atoms with Gasteiger partial charge < -0.3 is 14.6 Å². The van der Waals surface area contributed by atoms with Gasteiger partial charge >= 0.3 is 6.18 Å². The first-order valence-corrected chi connectivity index (χ1v) is 11.1. The maximum atomic E-state index is 12.8. The molecule has 1 aromatic heterocycles. The Balaban J connectivity index is 1.18. The lowest BCUT2D eigenvalue weighted by Crippen LogP contribution is -2.49. The first-order valence-electron chi connectivity index (χ1n) is 11.1. The highest BCUT2D eigenvalue weighted by molar-refractivity contribution is 5.74. The van der Waals surface area contributed by atoms with Crippen LogP contribution < -0.4 is 0 Å². The number of benzene rings is 2. The van der Waals surface area contributed by atoms with Gasteiger partial charge in [0.15, 0.2) is 0 Å². The van der Waals surface area contributed by atoms with E-state index in [1.807, 2.05) is 28.8 Å². The van der Waals surface area contributed by atoms with Crippen LogP contribution in [0.25, 0.3) is 11.0 Å². The van der Waals surface area contributed by atoms with Crippen molar-refractivity contribution in [1.29, 1.82) is 0 Å². The molecule has 0 saturated carbocycles. The molecule has 3 aromatic rings. The van der Waals surface area contributed by atoms with E-state index in [0.717, 1.165) is 61.8 Å². The number of halogens is 3. The largest absolute Gasteiger partial charge is 0.416 e. The highest BCUT2D eigenvalue weighted by Gasteiger charge is 2.30. The number of hydrogen-bond acceptors (Lipinski definition) is 4. The predicted octanol–water partition coefficient (Wildman–Crippen LogP) is 3.67. The number of para-hydroxylation sites is 2. The number of aryl methyl sites for hydroxylation is 1. The van der Waals surface area contributed by atoms with Crippen LogP contribution in [0.2, 0.25) is 0 Å². The lowest BCUT2D eigenvalue weighted by atomic mass is 10.1. The molecule has 1 atom stereocenters. The van der Waals surface area contributed by atoms with Crippen molar-refractivity contribution in [3.8, 4) is 0 Å². The van der Waals surface area contributed by atoms with Gasteiger partial charge in [-0.2, -0.15) is 13.2 Å². The zero-order valence-electron chi connectivity index (χ0n) is 18.0. The molecular formula is C24H29F3N4O. The Morgan fingerprint density at radius 3 is 2.47 bits per heavy atom. The minimum Gasteiger partial charge on any atom is -0.390 e. The van der Waals surface area contributed by atoms with Crippen LogP contribution in [-0.4, -0.2) is 69.8 Å². The highest BCUT2D eigenvalue weighted by atomic mass is 19.4. The second-order valence-electron chi connectivity index (χ2n) is 8.48. The Labute approximate surface area is 186 Å². The van der Waals surface area contributed by atoms with E-state index in [9.17, 15) is 18.3 Å². The van der Waals surface area contributed by atoms with E-state index in [2.05, 4.69) is 14.8 Å². The molecule has 8 heteroatoms. The molecule has 0 aliphatic carbocycles. The number of hydrogen-bond donors (Lipinski definition) is 1. The van der Waals surface area contributed by atoms with E-state index < -0.39 is 17.8 Å². The molecule has 0 amide bonds. The van der Waals surface area contributed by atoms with E-state index in [1.165, 1.54) is 12.1 Å². The second kappa shape index (κ2) is 10.0. The number of β-amino-alcohol motifs (C(OH)–C–C–N with tert-alkyl or cyclic N) is 1. The summed E-state index contributed by atoms with van der Waals surface area (Å²) in [6, 6.07) is 13.5. The monoisotopic (exact) mass is 446 g/mol. The maximum Gasteiger partial charge on any atom is 0.416 e. The van der Waals surface area contributed by atoms with Crippen molar-refractivity contribution in [1.82, 2.24) is 19.4 Å². The molecule has 0 spiro atoms. The van der Waals surface area contributed by atoms with E-state index in [-0.39, 0.29) is 0 Å². The summed E-state index contributed by atoms with van der Waals surface area (Å²) in [5.41, 5.74) is 2.11. The molecule has 32 heavy (non-hydrogen) atoms. The average Bonchev–Trinajstić information content (AvgIpc) is 3.17. The zero-order chi connectivity index (χ0) is 22.6. The molecule has 4 rings (SSSR count). The van der Waals surface area contributed by atoms with Gasteiger partial charge in [-0.3, -0.25) is 4.90 Å². The predicted molar refractivity (Wildman–Crippen MR) is 118 cm³/mol. The van der Waals surface area contributed by atoms with Crippen LogP contribution in [0.4, 0.5) is 13.2 Å². The fourth-order valence-electron chi connectivity index (χ4n) is 4.34. The van der Waals surface area contributed by atoms with Crippen molar-refractivity contribution >= 4 is 11.0 Å². The molecule has 2 heterocycles. The van der Waals surface area contributed by atoms with Crippen LogP contribution in [-0.2, 0) is 19.1 Å². The number of fused-ring (bicyclic) bond motifs is 1. The van der Waals surface area contributed by atoms with Crippen molar-refractivity contribution in [2.75, 3.05) is 39.3 Å². The van der Waals surface area contributed by atoms with Gasteiger partial charge in [-0.1, -0.05) is 30.3 Å². The Bertz CT molecular complexity index is 1010. The molecule has 0 radical (unpaired) electrons. The fourth-order valence-corrected chi connectivity index (χ4v) is 4.34. The fraction of sp³-hybridized carbons (Fsp3) is 0.458. The number of rotatable bonds is 8. The Morgan fingerprint density at radius 2 is 1.69 bits per heavy atom. The smallest absolute Gasteiger partial charge is 0.390 e. The Hall–Kier alpha value is -2.42. The number of aliphatic hydroxyl groups excluding tert-OH is 1. The van der Waals surface area contributed by atoms with Crippen LogP contribution in [0.1, 0.15) is 17.5 Å². The van der Waals surface area contributed by atoms with Gasteiger partial charge in [-0.25, -0.2) is 4.98 Å². The maximum absolute atomic E-state index is 12.8. The Morgan fingerprint density at radius 1 is 0.938 bits per heavy atom. The standard InChI is InChI=1S/C24H29F3N4O/c25-24(26,27)20-7-3-5-19(15-20)6-4-10-29-11-13-30(14-12-29)16-21(32)17-31-18-28-22-8-1-2-9-23(22)31/h1-3,5,7-9,15,18,21,32H,4,6,10-14,16-17H2. The highest BCUT2D eigenvalue weighted by Crippen LogP contribution is 2.29. The normalized spacial score (nSPS) is 17.1. The number of imidazole rings is 1. The lowest BCUT2D eigenvalue weighted by molar-refractivity contribution is -0.137. The summed E-state index contributed by atoms with van der Waals surface area (Å²) in [4.78, 5) is 8.99.